The molecule has 1 aliphatic rings. The molecule has 4 heteroatoms. The number of ketones is 1. The van der Waals surface area contributed by atoms with Gasteiger partial charge in [-0.05, 0) is 31.7 Å². The minimum atomic E-state index is -0.605. The number of hydrogen-bond acceptors (Lipinski definition) is 3. The molecule has 17 heavy (non-hydrogen) atoms. The number of nitrogens with zero attached hydrogens (tertiary/aromatic N) is 1. The average molecular weight is 251 g/mol. The summed E-state index contributed by atoms with van der Waals surface area (Å²) in [5.74, 6) is 0.260. The van der Waals surface area contributed by atoms with Crippen LogP contribution in [0, 0.1) is 0 Å². The van der Waals surface area contributed by atoms with Gasteiger partial charge in [0.1, 0.15) is 0 Å². The first-order valence-corrected chi connectivity index (χ1v) is 6.76. The first-order valence-electron chi connectivity index (χ1n) is 5.88. The van der Waals surface area contributed by atoms with Gasteiger partial charge in [-0.25, -0.2) is 0 Å². The lowest BCUT2D eigenvalue weighted by Gasteiger charge is -2.30. The Hall–Kier alpha value is -1.16. The minimum Gasteiger partial charge on any atom is -0.330 e. The SMILES string of the molecule is CC1(C)C(=O)CCN1C(=O)CCc1cccs1. The first kappa shape index (κ1) is 12.3. The Morgan fingerprint density at radius 1 is 1.53 bits per heavy atom. The van der Waals surface area contributed by atoms with Crippen LogP contribution >= 0.6 is 11.3 Å². The van der Waals surface area contributed by atoms with Crippen LogP contribution in [0.25, 0.3) is 0 Å². The maximum atomic E-state index is 12.1. The number of likely N-dealkylation sites (tertiary alicyclic amines) is 1. The van der Waals surface area contributed by atoms with Crippen molar-refractivity contribution in [1.29, 1.82) is 0 Å². The highest BCUT2D eigenvalue weighted by Crippen LogP contribution is 2.26. The summed E-state index contributed by atoms with van der Waals surface area (Å²) < 4.78 is 0. The van der Waals surface area contributed by atoms with E-state index in [9.17, 15) is 9.59 Å². The largest absolute Gasteiger partial charge is 0.330 e. The molecule has 1 amide bonds. The molecule has 1 aromatic rings. The minimum absolute atomic E-state index is 0.0919. The smallest absolute Gasteiger partial charge is 0.223 e. The highest BCUT2D eigenvalue weighted by Gasteiger charge is 2.42. The zero-order valence-corrected chi connectivity index (χ0v) is 11.0. The van der Waals surface area contributed by atoms with E-state index < -0.39 is 5.54 Å². The number of carbonyl (C=O) groups is 2. The maximum absolute atomic E-state index is 12.1. The number of aryl methyl sites for hydroxylation is 1. The van der Waals surface area contributed by atoms with Crippen molar-refractivity contribution >= 4 is 23.0 Å². The molecular weight excluding hydrogens is 234 g/mol. The third-order valence-corrected chi connectivity index (χ3v) is 4.32. The van der Waals surface area contributed by atoms with E-state index >= 15 is 0 Å². The lowest BCUT2D eigenvalue weighted by Crippen LogP contribution is -2.46. The van der Waals surface area contributed by atoms with E-state index in [1.165, 1.54) is 4.88 Å². The van der Waals surface area contributed by atoms with Crippen LogP contribution in [0.3, 0.4) is 0 Å². The fourth-order valence-electron chi connectivity index (χ4n) is 2.21. The van der Waals surface area contributed by atoms with E-state index in [4.69, 9.17) is 0 Å². The summed E-state index contributed by atoms with van der Waals surface area (Å²) in [6, 6.07) is 4.03. The Morgan fingerprint density at radius 2 is 2.29 bits per heavy atom. The molecule has 1 aromatic heterocycles. The second-order valence-corrected chi connectivity index (χ2v) is 5.89. The molecule has 0 N–H and O–H groups in total. The van der Waals surface area contributed by atoms with Gasteiger partial charge < -0.3 is 4.90 Å². The molecule has 0 aliphatic carbocycles. The molecule has 1 saturated heterocycles. The highest BCUT2D eigenvalue weighted by atomic mass is 32.1. The van der Waals surface area contributed by atoms with Gasteiger partial charge in [0, 0.05) is 24.3 Å². The monoisotopic (exact) mass is 251 g/mol. The van der Waals surface area contributed by atoms with E-state index in [-0.39, 0.29) is 11.7 Å². The van der Waals surface area contributed by atoms with Gasteiger partial charge in [-0.1, -0.05) is 6.07 Å². The lowest BCUT2D eigenvalue weighted by molar-refractivity contribution is -0.138. The summed E-state index contributed by atoms with van der Waals surface area (Å²) in [5.41, 5.74) is -0.605. The third-order valence-electron chi connectivity index (χ3n) is 3.39. The topological polar surface area (TPSA) is 37.4 Å². The van der Waals surface area contributed by atoms with E-state index in [1.54, 1.807) is 16.2 Å². The molecule has 1 fully saturated rings. The number of thiophene rings is 1. The van der Waals surface area contributed by atoms with Crippen LogP contribution in [0.5, 0.6) is 0 Å². The fraction of sp³-hybridized carbons (Fsp3) is 0.538. The Labute approximate surface area is 105 Å². The molecule has 0 spiro atoms. The molecule has 0 saturated carbocycles. The summed E-state index contributed by atoms with van der Waals surface area (Å²) in [7, 11) is 0. The molecule has 3 nitrogen and oxygen atoms in total. The number of hydrogen-bond donors (Lipinski definition) is 0. The second kappa shape index (κ2) is 4.61. The number of rotatable bonds is 3. The molecule has 0 bridgehead atoms. The van der Waals surface area contributed by atoms with Gasteiger partial charge >= 0.3 is 0 Å². The Kier molecular flexibility index (Phi) is 3.33. The molecule has 92 valence electrons. The summed E-state index contributed by atoms with van der Waals surface area (Å²) in [4.78, 5) is 26.7. The molecule has 2 heterocycles. The van der Waals surface area contributed by atoms with Crippen LogP contribution in [-0.2, 0) is 16.0 Å². The van der Waals surface area contributed by atoms with Crippen molar-refractivity contribution in [3.05, 3.63) is 22.4 Å². The van der Waals surface area contributed by atoms with Crippen LogP contribution in [0.2, 0.25) is 0 Å². The molecule has 2 rings (SSSR count). The third kappa shape index (κ3) is 2.41. The van der Waals surface area contributed by atoms with Crippen molar-refractivity contribution in [2.75, 3.05) is 6.54 Å². The van der Waals surface area contributed by atoms with Gasteiger partial charge in [0.25, 0.3) is 0 Å². The van der Waals surface area contributed by atoms with Crippen LogP contribution in [0.1, 0.15) is 31.6 Å². The van der Waals surface area contributed by atoms with Gasteiger partial charge in [-0.2, -0.15) is 0 Å². The van der Waals surface area contributed by atoms with Crippen molar-refractivity contribution < 1.29 is 9.59 Å². The van der Waals surface area contributed by atoms with E-state index in [0.29, 0.717) is 19.4 Å². The Balaban J connectivity index is 1.95. The summed E-state index contributed by atoms with van der Waals surface area (Å²) in [6.45, 7) is 4.26. The molecular formula is C13H17NO2S. The van der Waals surface area contributed by atoms with Crippen molar-refractivity contribution in [2.45, 2.75) is 38.6 Å². The molecule has 0 unspecified atom stereocenters. The predicted octanol–water partition coefficient (Wildman–Crippen LogP) is 2.26. The molecule has 0 radical (unpaired) electrons. The van der Waals surface area contributed by atoms with Gasteiger partial charge in [-0.3, -0.25) is 9.59 Å². The zero-order chi connectivity index (χ0) is 12.5. The van der Waals surface area contributed by atoms with Crippen molar-refractivity contribution in [2.24, 2.45) is 0 Å². The molecule has 0 atom stereocenters. The molecule has 1 aliphatic heterocycles. The summed E-state index contributed by atoms with van der Waals surface area (Å²) in [5, 5.41) is 2.02. The lowest BCUT2D eigenvalue weighted by atomic mass is 10.0. The second-order valence-electron chi connectivity index (χ2n) is 4.86. The van der Waals surface area contributed by atoms with E-state index in [2.05, 4.69) is 0 Å². The van der Waals surface area contributed by atoms with Crippen molar-refractivity contribution in [3.8, 4) is 0 Å². The van der Waals surface area contributed by atoms with Crippen molar-refractivity contribution in [1.82, 2.24) is 4.90 Å². The van der Waals surface area contributed by atoms with Crippen LogP contribution in [0.15, 0.2) is 17.5 Å². The van der Waals surface area contributed by atoms with Gasteiger partial charge in [0.15, 0.2) is 5.78 Å². The summed E-state index contributed by atoms with van der Waals surface area (Å²) >= 11 is 1.67. The first-order chi connectivity index (χ1) is 8.01. The van der Waals surface area contributed by atoms with Crippen LogP contribution < -0.4 is 0 Å². The Morgan fingerprint density at radius 3 is 2.82 bits per heavy atom. The molecule has 0 aromatic carbocycles. The number of Topliss-reactive ketones (excluding diaryl/α,β-unsaturated/α-hetero) is 1. The normalized spacial score (nSPS) is 18.7. The fourth-order valence-corrected chi connectivity index (χ4v) is 2.91. The highest BCUT2D eigenvalue weighted by molar-refractivity contribution is 7.09. The van der Waals surface area contributed by atoms with Gasteiger partial charge in [-0.15, -0.1) is 11.3 Å². The average Bonchev–Trinajstić information content (AvgIpc) is 2.86. The standard InChI is InChI=1S/C13H17NO2S/c1-13(2)11(15)7-8-14(13)12(16)6-5-10-4-3-9-17-10/h3-4,9H,5-8H2,1-2H3. The van der Waals surface area contributed by atoms with Crippen LogP contribution in [0.4, 0.5) is 0 Å². The predicted molar refractivity (Wildman–Crippen MR) is 68.1 cm³/mol. The zero-order valence-electron chi connectivity index (χ0n) is 10.2. The van der Waals surface area contributed by atoms with E-state index in [0.717, 1.165) is 6.42 Å². The number of amides is 1. The van der Waals surface area contributed by atoms with Gasteiger partial charge in [0.05, 0.1) is 5.54 Å². The number of carbonyl (C=O) groups excluding carboxylic acids is 2. The maximum Gasteiger partial charge on any atom is 0.223 e. The Bertz CT molecular complexity index is 423. The summed E-state index contributed by atoms with van der Waals surface area (Å²) in [6.07, 6.45) is 1.77. The van der Waals surface area contributed by atoms with E-state index in [1.807, 2.05) is 31.4 Å². The van der Waals surface area contributed by atoms with Gasteiger partial charge in [0.2, 0.25) is 5.91 Å². The quantitative estimate of drug-likeness (QED) is 0.826. The van der Waals surface area contributed by atoms with Crippen molar-refractivity contribution in [3.63, 3.8) is 0 Å². The van der Waals surface area contributed by atoms with Crippen LogP contribution in [-0.4, -0.2) is 28.7 Å².